The number of aromatic nitrogens is 7. The molecule has 0 saturated heterocycles. The van der Waals surface area contributed by atoms with E-state index in [1.54, 1.807) is 24.7 Å². The standard InChI is InChI=1S/C24H28N8O2/c1-14(2)32-22(27-15(3)29-32)19-13-30-8-9-34-20-10-16(6-7-18(20)21(30)28-19)17-11-26-31(12-17)24(4,5)23(25)33/h6-7,10-14H,8-9H2,1-5H3,(H2,25,33)/p+1. The van der Waals surface area contributed by atoms with E-state index in [4.69, 9.17) is 9.72 Å². The minimum absolute atomic E-state index is 0.181. The third kappa shape index (κ3) is 3.60. The number of imidazole rings is 1. The molecule has 176 valence electrons. The average Bonchev–Trinajstić information content (AvgIpc) is 3.50. The molecule has 10 heteroatoms. The van der Waals surface area contributed by atoms with Crippen LogP contribution in [0.5, 0.6) is 5.75 Å². The topological polar surface area (TPSA) is 120 Å². The molecule has 0 radical (unpaired) electrons. The Morgan fingerprint density at radius 3 is 2.68 bits per heavy atom. The Hall–Kier alpha value is -3.79. The fourth-order valence-electron chi connectivity index (χ4n) is 4.04. The van der Waals surface area contributed by atoms with Gasteiger partial charge in [0.25, 0.3) is 0 Å². The van der Waals surface area contributed by atoms with Crippen LogP contribution in [-0.4, -0.2) is 46.6 Å². The molecule has 4 heterocycles. The summed E-state index contributed by atoms with van der Waals surface area (Å²) in [6, 6.07) is 6.22. The van der Waals surface area contributed by atoms with Crippen molar-refractivity contribution in [1.29, 1.82) is 0 Å². The van der Waals surface area contributed by atoms with Crippen molar-refractivity contribution in [3.05, 3.63) is 42.6 Å². The predicted octanol–water partition coefficient (Wildman–Crippen LogP) is 2.46. The number of nitrogens with zero attached hydrogens (tertiary/aromatic N) is 7. The highest BCUT2D eigenvalue weighted by molar-refractivity contribution is 5.76. The van der Waals surface area contributed by atoms with Crippen LogP contribution in [0.2, 0.25) is 0 Å². The lowest BCUT2D eigenvalue weighted by atomic mass is 10.0. The van der Waals surface area contributed by atoms with E-state index in [2.05, 4.69) is 39.3 Å². The summed E-state index contributed by atoms with van der Waals surface area (Å²) in [5.74, 6) is 2.89. The Morgan fingerprint density at radius 2 is 1.94 bits per heavy atom. The highest BCUT2D eigenvalue weighted by atomic mass is 16.5. The minimum atomic E-state index is -0.809. The highest BCUT2D eigenvalue weighted by Crippen LogP contribution is 2.37. The molecule has 5 rings (SSSR count). The molecule has 3 N–H and O–H groups in total. The van der Waals surface area contributed by atoms with Crippen LogP contribution in [0.15, 0.2) is 36.8 Å². The van der Waals surface area contributed by atoms with Crippen LogP contribution in [-0.2, 0) is 16.9 Å². The summed E-state index contributed by atoms with van der Waals surface area (Å²) in [6.45, 7) is 10.9. The van der Waals surface area contributed by atoms with Gasteiger partial charge >= 0.3 is 5.91 Å². The zero-order valence-corrected chi connectivity index (χ0v) is 20.1. The zero-order valence-electron chi connectivity index (χ0n) is 20.1. The monoisotopic (exact) mass is 461 g/mol. The predicted molar refractivity (Wildman–Crippen MR) is 126 cm³/mol. The zero-order chi connectivity index (χ0) is 24.2. The third-order valence-corrected chi connectivity index (χ3v) is 6.22. The lowest BCUT2D eigenvalue weighted by molar-refractivity contribution is -0.316. The maximum Gasteiger partial charge on any atom is 0.336 e. The Bertz CT molecular complexity index is 1390. The van der Waals surface area contributed by atoms with E-state index in [1.165, 1.54) is 0 Å². The Morgan fingerprint density at radius 1 is 1.15 bits per heavy atom. The second-order valence-corrected chi connectivity index (χ2v) is 9.38. The summed E-state index contributed by atoms with van der Waals surface area (Å²) in [5.41, 5.74) is 6.31. The van der Waals surface area contributed by atoms with Crippen LogP contribution in [0, 0.1) is 6.92 Å². The molecule has 0 bridgehead atoms. The van der Waals surface area contributed by atoms with Gasteiger partial charge in [0.1, 0.15) is 29.7 Å². The molecule has 1 aliphatic rings. The number of amides is 1. The van der Waals surface area contributed by atoms with E-state index in [1.807, 2.05) is 42.2 Å². The van der Waals surface area contributed by atoms with Crippen LogP contribution in [0.25, 0.3) is 34.0 Å². The summed E-state index contributed by atoms with van der Waals surface area (Å²) in [7, 11) is 0. The maximum atomic E-state index is 11.9. The molecule has 34 heavy (non-hydrogen) atoms. The minimum Gasteiger partial charge on any atom is -0.491 e. The summed E-state index contributed by atoms with van der Waals surface area (Å²) in [6.07, 6.45) is 5.64. The molecule has 0 fully saturated rings. The molecule has 0 atom stereocenters. The SMILES string of the molecule is Cc1nc(-c2cn3c(n2)-c2ccc(-c4cnn(C(C)(C)C([NH3+])=O)c4)cc2OCC3)n(C(C)C)n1. The van der Waals surface area contributed by atoms with Crippen molar-refractivity contribution >= 4 is 5.91 Å². The molecule has 1 aromatic carbocycles. The molecular weight excluding hydrogens is 432 g/mol. The summed E-state index contributed by atoms with van der Waals surface area (Å²) in [5, 5.41) is 8.93. The summed E-state index contributed by atoms with van der Waals surface area (Å²) < 4.78 is 11.8. The van der Waals surface area contributed by atoms with E-state index in [0.29, 0.717) is 13.2 Å². The van der Waals surface area contributed by atoms with E-state index < -0.39 is 5.54 Å². The van der Waals surface area contributed by atoms with Crippen molar-refractivity contribution in [2.45, 2.75) is 52.7 Å². The van der Waals surface area contributed by atoms with Crippen molar-refractivity contribution in [3.63, 3.8) is 0 Å². The molecule has 0 unspecified atom stereocenters. The van der Waals surface area contributed by atoms with E-state index >= 15 is 0 Å². The molecule has 0 aliphatic carbocycles. The molecule has 0 saturated carbocycles. The Labute approximate surface area is 197 Å². The van der Waals surface area contributed by atoms with Crippen LogP contribution < -0.4 is 10.5 Å². The second kappa shape index (κ2) is 7.91. The van der Waals surface area contributed by atoms with Crippen molar-refractivity contribution in [2.75, 3.05) is 6.61 Å². The molecule has 3 aromatic heterocycles. The molecular formula is C24H29N8O2+. The Balaban J connectivity index is 1.53. The molecule has 0 spiro atoms. The van der Waals surface area contributed by atoms with Crippen LogP contribution in [0.4, 0.5) is 0 Å². The number of quaternary nitrogens is 1. The van der Waals surface area contributed by atoms with E-state index in [-0.39, 0.29) is 11.9 Å². The number of carbonyl (C=O) groups is 1. The second-order valence-electron chi connectivity index (χ2n) is 9.38. The fourth-order valence-corrected chi connectivity index (χ4v) is 4.04. The number of fused-ring (bicyclic) bond motifs is 3. The van der Waals surface area contributed by atoms with Gasteiger partial charge < -0.3 is 9.30 Å². The van der Waals surface area contributed by atoms with Crippen molar-refractivity contribution < 1.29 is 15.3 Å². The number of ether oxygens (including phenoxy) is 1. The van der Waals surface area contributed by atoms with Gasteiger partial charge in [0.2, 0.25) is 0 Å². The van der Waals surface area contributed by atoms with Gasteiger partial charge in [-0.15, -0.1) is 0 Å². The number of hydrogen-bond donors (Lipinski definition) is 1. The van der Waals surface area contributed by atoms with Gasteiger partial charge in [0.05, 0.1) is 18.3 Å². The van der Waals surface area contributed by atoms with Gasteiger partial charge in [0.15, 0.2) is 11.4 Å². The molecule has 4 aromatic rings. The lowest BCUT2D eigenvalue weighted by Crippen LogP contribution is -2.66. The van der Waals surface area contributed by atoms with Gasteiger partial charge in [0, 0.05) is 24.0 Å². The molecule has 1 amide bonds. The van der Waals surface area contributed by atoms with E-state index in [0.717, 1.165) is 45.6 Å². The first-order valence-electron chi connectivity index (χ1n) is 11.3. The van der Waals surface area contributed by atoms with Crippen LogP contribution in [0.1, 0.15) is 39.6 Å². The quantitative estimate of drug-likeness (QED) is 0.487. The lowest BCUT2D eigenvalue weighted by Gasteiger charge is -2.18. The molecule has 1 aliphatic heterocycles. The largest absolute Gasteiger partial charge is 0.491 e. The number of carbonyl (C=O) groups excluding carboxylic acids is 1. The van der Waals surface area contributed by atoms with Crippen LogP contribution in [0.3, 0.4) is 0 Å². The fraction of sp³-hybridized carbons (Fsp3) is 0.375. The number of rotatable bonds is 5. The van der Waals surface area contributed by atoms with Gasteiger partial charge in [-0.2, -0.15) is 10.2 Å². The first-order valence-corrected chi connectivity index (χ1v) is 11.3. The van der Waals surface area contributed by atoms with Gasteiger partial charge in [-0.25, -0.2) is 19.4 Å². The summed E-state index contributed by atoms with van der Waals surface area (Å²) in [4.78, 5) is 21.5. The van der Waals surface area contributed by atoms with Gasteiger partial charge in [-0.05, 0) is 52.3 Å². The maximum absolute atomic E-state index is 11.9. The normalized spacial score (nSPS) is 13.4. The first kappa shape index (κ1) is 22.0. The third-order valence-electron chi connectivity index (χ3n) is 6.22. The number of aryl methyl sites for hydroxylation is 1. The number of hydrogen-bond acceptors (Lipinski definition) is 6. The first-order chi connectivity index (χ1) is 16.1. The van der Waals surface area contributed by atoms with E-state index in [9.17, 15) is 4.79 Å². The van der Waals surface area contributed by atoms with Crippen molar-refractivity contribution in [3.8, 4) is 39.8 Å². The van der Waals surface area contributed by atoms with Crippen LogP contribution >= 0.6 is 0 Å². The summed E-state index contributed by atoms with van der Waals surface area (Å²) >= 11 is 0. The Kier molecular flexibility index (Phi) is 5.12. The molecule has 10 nitrogen and oxygen atoms in total. The smallest absolute Gasteiger partial charge is 0.336 e. The van der Waals surface area contributed by atoms with Gasteiger partial charge in [-0.1, -0.05) is 6.07 Å². The van der Waals surface area contributed by atoms with Crippen molar-refractivity contribution in [2.24, 2.45) is 0 Å². The van der Waals surface area contributed by atoms with Gasteiger partial charge in [-0.3, -0.25) is 10.4 Å². The number of benzene rings is 1. The highest BCUT2D eigenvalue weighted by Gasteiger charge is 2.32. The average molecular weight is 462 g/mol. The van der Waals surface area contributed by atoms with Crippen molar-refractivity contribution in [1.82, 2.24) is 34.1 Å².